The molecule has 0 radical (unpaired) electrons. The fourth-order valence-corrected chi connectivity index (χ4v) is 3.12. The van der Waals surface area contributed by atoms with Crippen LogP contribution in [0.25, 0.3) is 0 Å². The van der Waals surface area contributed by atoms with Crippen LogP contribution in [0.1, 0.15) is 49.1 Å². The number of rotatable bonds is 5. The van der Waals surface area contributed by atoms with Gasteiger partial charge in [0, 0.05) is 18.0 Å². The summed E-state index contributed by atoms with van der Waals surface area (Å²) in [7, 11) is 0. The summed E-state index contributed by atoms with van der Waals surface area (Å²) in [6.07, 6.45) is 4.65. The Morgan fingerprint density at radius 3 is 2.79 bits per heavy atom. The van der Waals surface area contributed by atoms with Crippen molar-refractivity contribution in [3.8, 4) is 0 Å². The quantitative estimate of drug-likeness (QED) is 0.669. The van der Waals surface area contributed by atoms with E-state index in [4.69, 9.17) is 4.84 Å². The molecule has 24 heavy (non-hydrogen) atoms. The highest BCUT2D eigenvalue weighted by Gasteiger charge is 2.29. The average Bonchev–Trinajstić information content (AvgIpc) is 2.88. The van der Waals surface area contributed by atoms with Crippen LogP contribution in [0.5, 0.6) is 0 Å². The van der Waals surface area contributed by atoms with Gasteiger partial charge in [-0.1, -0.05) is 35.8 Å². The smallest absolute Gasteiger partial charge is 0.223 e. The van der Waals surface area contributed by atoms with Gasteiger partial charge in [0.05, 0.1) is 11.8 Å². The monoisotopic (exact) mass is 324 g/mol. The molecular weight excluding hydrogens is 300 g/mol. The minimum atomic E-state index is 0.254. The molecule has 0 amide bonds. The molecule has 126 valence electrons. The molecule has 1 N–H and O–H groups in total. The average molecular weight is 324 g/mol. The molecule has 2 atom stereocenters. The molecular formula is C19H24N4O. The third-order valence-electron chi connectivity index (χ3n) is 4.43. The first kappa shape index (κ1) is 16.4. The summed E-state index contributed by atoms with van der Waals surface area (Å²) in [5.41, 5.74) is 5.71. The van der Waals surface area contributed by atoms with E-state index >= 15 is 0 Å². The molecule has 3 rings (SSSR count). The number of fused-ring (bicyclic) bond motifs is 1. The van der Waals surface area contributed by atoms with Gasteiger partial charge in [0.15, 0.2) is 0 Å². The van der Waals surface area contributed by atoms with Crippen molar-refractivity contribution in [2.45, 2.75) is 40.2 Å². The zero-order valence-corrected chi connectivity index (χ0v) is 14.7. The Labute approximate surface area is 143 Å². The minimum Gasteiger partial charge on any atom is -0.396 e. The van der Waals surface area contributed by atoms with Gasteiger partial charge in [-0.05, 0) is 44.2 Å². The van der Waals surface area contributed by atoms with E-state index in [0.717, 1.165) is 17.7 Å². The lowest BCUT2D eigenvalue weighted by atomic mass is 10.0. The molecule has 1 aliphatic rings. The Bertz CT molecular complexity index is 740. The van der Waals surface area contributed by atoms with Crippen molar-refractivity contribution in [3.63, 3.8) is 0 Å². The molecule has 1 heterocycles. The Kier molecular flexibility index (Phi) is 4.79. The van der Waals surface area contributed by atoms with E-state index in [-0.39, 0.29) is 6.04 Å². The van der Waals surface area contributed by atoms with Gasteiger partial charge in [-0.2, -0.15) is 0 Å². The van der Waals surface area contributed by atoms with Crippen molar-refractivity contribution in [2.24, 2.45) is 11.1 Å². The van der Waals surface area contributed by atoms with Crippen LogP contribution >= 0.6 is 0 Å². The second-order valence-electron chi connectivity index (χ2n) is 6.40. The summed E-state index contributed by atoms with van der Waals surface area (Å²) in [5.74, 6) is 1.17. The highest BCUT2D eigenvalue weighted by molar-refractivity contribution is 5.97. The first-order chi connectivity index (χ1) is 11.6. The molecule has 5 nitrogen and oxygen atoms in total. The van der Waals surface area contributed by atoms with Gasteiger partial charge in [0.1, 0.15) is 6.61 Å². The predicted molar refractivity (Wildman–Crippen MR) is 96.3 cm³/mol. The van der Waals surface area contributed by atoms with Crippen LogP contribution in [0.4, 0.5) is 5.95 Å². The number of anilines is 1. The Morgan fingerprint density at radius 1 is 1.33 bits per heavy atom. The Hall–Kier alpha value is -2.43. The summed E-state index contributed by atoms with van der Waals surface area (Å²) in [6.45, 7) is 8.74. The maximum Gasteiger partial charge on any atom is 0.223 e. The van der Waals surface area contributed by atoms with Crippen LogP contribution in [0.2, 0.25) is 0 Å². The lowest BCUT2D eigenvalue weighted by Crippen LogP contribution is -2.16. The van der Waals surface area contributed by atoms with Gasteiger partial charge in [-0.25, -0.2) is 9.97 Å². The third-order valence-corrected chi connectivity index (χ3v) is 4.43. The van der Waals surface area contributed by atoms with Crippen molar-refractivity contribution >= 4 is 11.7 Å². The SMILES string of the molecule is CCO/N=C(\C)c1cnc(N[C@H]2c3cc(C)ccc3C[C@@H]2C)nc1. The molecule has 0 saturated carbocycles. The summed E-state index contributed by atoms with van der Waals surface area (Å²) in [6, 6.07) is 6.94. The first-order valence-electron chi connectivity index (χ1n) is 8.43. The molecule has 1 aromatic carbocycles. The number of hydrogen-bond acceptors (Lipinski definition) is 5. The normalized spacial score (nSPS) is 19.9. The number of hydrogen-bond donors (Lipinski definition) is 1. The number of aryl methyl sites for hydroxylation is 1. The molecule has 0 aliphatic heterocycles. The van der Waals surface area contributed by atoms with Gasteiger partial charge in [0.2, 0.25) is 5.95 Å². The van der Waals surface area contributed by atoms with Gasteiger partial charge >= 0.3 is 0 Å². The highest BCUT2D eigenvalue weighted by Crippen LogP contribution is 2.38. The fraction of sp³-hybridized carbons (Fsp3) is 0.421. The minimum absolute atomic E-state index is 0.254. The van der Waals surface area contributed by atoms with Gasteiger partial charge < -0.3 is 10.2 Å². The predicted octanol–water partition coefficient (Wildman–Crippen LogP) is 3.89. The summed E-state index contributed by atoms with van der Waals surface area (Å²) in [5, 5.41) is 7.50. The summed E-state index contributed by atoms with van der Waals surface area (Å²) < 4.78 is 0. The molecule has 0 bridgehead atoms. The van der Waals surface area contributed by atoms with Crippen molar-refractivity contribution in [2.75, 3.05) is 11.9 Å². The molecule has 5 heteroatoms. The number of benzene rings is 1. The van der Waals surface area contributed by atoms with Crippen molar-refractivity contribution < 1.29 is 4.84 Å². The maximum absolute atomic E-state index is 5.07. The van der Waals surface area contributed by atoms with Crippen molar-refractivity contribution in [1.29, 1.82) is 0 Å². The van der Waals surface area contributed by atoms with E-state index in [2.05, 4.69) is 52.5 Å². The number of nitrogens with one attached hydrogen (secondary N) is 1. The third kappa shape index (κ3) is 3.40. The van der Waals surface area contributed by atoms with E-state index in [1.54, 1.807) is 12.4 Å². The van der Waals surface area contributed by atoms with Crippen LogP contribution in [0.15, 0.2) is 35.7 Å². The lowest BCUT2D eigenvalue weighted by molar-refractivity contribution is 0.159. The summed E-state index contributed by atoms with van der Waals surface area (Å²) in [4.78, 5) is 14.0. The summed E-state index contributed by atoms with van der Waals surface area (Å²) >= 11 is 0. The highest BCUT2D eigenvalue weighted by atomic mass is 16.6. The van der Waals surface area contributed by atoms with Crippen LogP contribution < -0.4 is 5.32 Å². The van der Waals surface area contributed by atoms with E-state index in [1.165, 1.54) is 16.7 Å². The molecule has 0 unspecified atom stereocenters. The number of nitrogens with zero attached hydrogens (tertiary/aromatic N) is 3. The van der Waals surface area contributed by atoms with Crippen molar-refractivity contribution in [1.82, 2.24) is 9.97 Å². The second-order valence-corrected chi connectivity index (χ2v) is 6.40. The fourth-order valence-electron chi connectivity index (χ4n) is 3.12. The van der Waals surface area contributed by atoms with Crippen LogP contribution in [0, 0.1) is 12.8 Å². The molecule has 0 saturated heterocycles. The van der Waals surface area contributed by atoms with Gasteiger partial charge in [0.25, 0.3) is 0 Å². The molecule has 2 aromatic rings. The largest absolute Gasteiger partial charge is 0.396 e. The molecule has 1 aromatic heterocycles. The Balaban J connectivity index is 1.76. The zero-order valence-electron chi connectivity index (χ0n) is 14.7. The maximum atomic E-state index is 5.07. The zero-order chi connectivity index (χ0) is 17.1. The number of aromatic nitrogens is 2. The van der Waals surface area contributed by atoms with E-state index in [9.17, 15) is 0 Å². The van der Waals surface area contributed by atoms with Gasteiger partial charge in [-0.3, -0.25) is 0 Å². The van der Waals surface area contributed by atoms with E-state index in [0.29, 0.717) is 18.5 Å². The molecule has 0 spiro atoms. The lowest BCUT2D eigenvalue weighted by Gasteiger charge is -2.19. The Morgan fingerprint density at radius 2 is 2.08 bits per heavy atom. The topological polar surface area (TPSA) is 59.4 Å². The first-order valence-corrected chi connectivity index (χ1v) is 8.43. The standard InChI is InChI=1S/C19H24N4O/c1-5-24-23-14(4)16-10-20-19(21-11-16)22-18-13(3)9-15-7-6-12(2)8-17(15)18/h6-8,10-11,13,18H,5,9H2,1-4H3,(H,20,21,22)/b23-14+/t13-,18+/m0/s1. The van der Waals surface area contributed by atoms with Crippen LogP contribution in [-0.2, 0) is 11.3 Å². The molecule has 1 aliphatic carbocycles. The van der Waals surface area contributed by atoms with Gasteiger partial charge in [-0.15, -0.1) is 0 Å². The number of oxime groups is 1. The van der Waals surface area contributed by atoms with E-state index in [1.807, 2.05) is 13.8 Å². The van der Waals surface area contributed by atoms with Crippen LogP contribution in [-0.4, -0.2) is 22.3 Å². The van der Waals surface area contributed by atoms with E-state index < -0.39 is 0 Å². The molecule has 0 fully saturated rings. The van der Waals surface area contributed by atoms with Crippen LogP contribution in [0.3, 0.4) is 0 Å². The second kappa shape index (κ2) is 6.99. The van der Waals surface area contributed by atoms with Crippen molar-refractivity contribution in [3.05, 3.63) is 52.8 Å².